The molecule has 3 nitrogen and oxygen atoms in total. The minimum absolute atomic E-state index is 0.542. The summed E-state index contributed by atoms with van der Waals surface area (Å²) in [5.41, 5.74) is 1.97. The SMILES string of the molecule is CCOc1cc(CNc2cccc(Cl)c2)cc(Cl)c1OCC. The second-order valence-electron chi connectivity index (χ2n) is 4.63. The van der Waals surface area contributed by atoms with Gasteiger partial charge in [0, 0.05) is 17.3 Å². The van der Waals surface area contributed by atoms with Crippen molar-refractivity contribution in [3.8, 4) is 11.5 Å². The Morgan fingerprint density at radius 1 is 1.00 bits per heavy atom. The summed E-state index contributed by atoms with van der Waals surface area (Å²) < 4.78 is 11.2. The van der Waals surface area contributed by atoms with Crippen molar-refractivity contribution in [3.63, 3.8) is 0 Å². The van der Waals surface area contributed by atoms with Gasteiger partial charge in [0.05, 0.1) is 18.2 Å². The van der Waals surface area contributed by atoms with Crippen molar-refractivity contribution in [2.45, 2.75) is 20.4 Å². The molecule has 22 heavy (non-hydrogen) atoms. The predicted molar refractivity (Wildman–Crippen MR) is 92.6 cm³/mol. The van der Waals surface area contributed by atoms with Gasteiger partial charge in [0.2, 0.25) is 0 Å². The Hall–Kier alpha value is -1.58. The molecule has 0 bridgehead atoms. The van der Waals surface area contributed by atoms with E-state index < -0.39 is 0 Å². The van der Waals surface area contributed by atoms with Gasteiger partial charge in [-0.1, -0.05) is 29.3 Å². The number of hydrogen-bond donors (Lipinski definition) is 1. The maximum Gasteiger partial charge on any atom is 0.179 e. The zero-order valence-corrected chi connectivity index (χ0v) is 14.2. The molecule has 5 heteroatoms. The number of halogens is 2. The topological polar surface area (TPSA) is 30.5 Å². The maximum absolute atomic E-state index is 6.30. The monoisotopic (exact) mass is 339 g/mol. The molecule has 0 heterocycles. The molecule has 0 amide bonds. The fourth-order valence-electron chi connectivity index (χ4n) is 2.07. The third-order valence-electron chi connectivity index (χ3n) is 2.98. The first kappa shape index (κ1) is 16.8. The van der Waals surface area contributed by atoms with Crippen molar-refractivity contribution >= 4 is 28.9 Å². The van der Waals surface area contributed by atoms with Gasteiger partial charge in [0.25, 0.3) is 0 Å². The first-order chi connectivity index (χ1) is 10.6. The first-order valence-corrected chi connectivity index (χ1v) is 7.97. The van der Waals surface area contributed by atoms with Crippen LogP contribution in [0.5, 0.6) is 11.5 Å². The summed E-state index contributed by atoms with van der Waals surface area (Å²) in [6.07, 6.45) is 0. The molecule has 0 saturated carbocycles. The number of benzene rings is 2. The second-order valence-corrected chi connectivity index (χ2v) is 5.48. The number of rotatable bonds is 7. The fourth-order valence-corrected chi connectivity index (χ4v) is 2.55. The predicted octanol–water partition coefficient (Wildman–Crippen LogP) is 5.40. The Bertz CT molecular complexity index is 632. The van der Waals surface area contributed by atoms with Gasteiger partial charge in [-0.15, -0.1) is 0 Å². The average molecular weight is 340 g/mol. The molecule has 0 unspecified atom stereocenters. The van der Waals surface area contributed by atoms with E-state index in [4.69, 9.17) is 32.7 Å². The van der Waals surface area contributed by atoms with Gasteiger partial charge < -0.3 is 14.8 Å². The van der Waals surface area contributed by atoms with Crippen molar-refractivity contribution in [1.82, 2.24) is 0 Å². The van der Waals surface area contributed by atoms with Crippen molar-refractivity contribution < 1.29 is 9.47 Å². The quantitative estimate of drug-likeness (QED) is 0.732. The fraction of sp³-hybridized carbons (Fsp3) is 0.294. The van der Waals surface area contributed by atoms with Crippen LogP contribution in [0.1, 0.15) is 19.4 Å². The van der Waals surface area contributed by atoms with Crippen LogP contribution >= 0.6 is 23.2 Å². The Morgan fingerprint density at radius 2 is 1.77 bits per heavy atom. The minimum Gasteiger partial charge on any atom is -0.490 e. The number of ether oxygens (including phenoxy) is 2. The van der Waals surface area contributed by atoms with Crippen LogP contribution < -0.4 is 14.8 Å². The minimum atomic E-state index is 0.542. The Labute approximate surface area is 141 Å². The van der Waals surface area contributed by atoms with E-state index in [1.807, 2.05) is 50.2 Å². The summed E-state index contributed by atoms with van der Waals surface area (Å²) in [5.74, 6) is 1.26. The second kappa shape index (κ2) is 8.16. The molecule has 0 aliphatic heterocycles. The van der Waals surface area contributed by atoms with Gasteiger partial charge in [-0.05, 0) is 49.7 Å². The van der Waals surface area contributed by atoms with Gasteiger partial charge >= 0.3 is 0 Å². The largest absolute Gasteiger partial charge is 0.490 e. The van der Waals surface area contributed by atoms with Crippen LogP contribution in [0.3, 0.4) is 0 Å². The van der Waals surface area contributed by atoms with Crippen LogP contribution in [0.25, 0.3) is 0 Å². The number of nitrogens with one attached hydrogen (secondary N) is 1. The Kier molecular flexibility index (Phi) is 6.22. The smallest absolute Gasteiger partial charge is 0.179 e. The molecule has 0 aliphatic rings. The van der Waals surface area contributed by atoms with Crippen LogP contribution in [0, 0.1) is 0 Å². The standard InChI is InChI=1S/C17H19Cl2NO2/c1-3-21-16-9-12(8-15(19)17(16)22-4-2)11-20-14-7-5-6-13(18)10-14/h5-10,20H,3-4,11H2,1-2H3. The number of hydrogen-bond acceptors (Lipinski definition) is 3. The van der Waals surface area contributed by atoms with Crippen LogP contribution in [0.15, 0.2) is 36.4 Å². The molecular formula is C17H19Cl2NO2. The van der Waals surface area contributed by atoms with Gasteiger partial charge in [-0.2, -0.15) is 0 Å². The van der Waals surface area contributed by atoms with Gasteiger partial charge in [-0.3, -0.25) is 0 Å². The summed E-state index contributed by atoms with van der Waals surface area (Å²) in [4.78, 5) is 0. The molecule has 0 radical (unpaired) electrons. The van der Waals surface area contributed by atoms with Crippen molar-refractivity contribution in [2.24, 2.45) is 0 Å². The van der Waals surface area contributed by atoms with Gasteiger partial charge in [-0.25, -0.2) is 0 Å². The molecule has 0 saturated heterocycles. The molecule has 1 N–H and O–H groups in total. The summed E-state index contributed by atoms with van der Waals surface area (Å²) in [5, 5.41) is 4.56. The molecule has 0 fully saturated rings. The lowest BCUT2D eigenvalue weighted by atomic mass is 10.2. The number of anilines is 1. The van der Waals surface area contributed by atoms with Crippen LogP contribution in [-0.4, -0.2) is 13.2 Å². The van der Waals surface area contributed by atoms with Crippen LogP contribution in [0.2, 0.25) is 10.0 Å². The van der Waals surface area contributed by atoms with Crippen molar-refractivity contribution in [2.75, 3.05) is 18.5 Å². The molecule has 0 aromatic heterocycles. The molecule has 0 aliphatic carbocycles. The van der Waals surface area contributed by atoms with E-state index in [-0.39, 0.29) is 0 Å². The molecule has 2 aromatic carbocycles. The van der Waals surface area contributed by atoms with Crippen molar-refractivity contribution in [3.05, 3.63) is 52.0 Å². The third kappa shape index (κ3) is 4.46. The Balaban J connectivity index is 2.17. The zero-order chi connectivity index (χ0) is 15.9. The van der Waals surface area contributed by atoms with E-state index in [9.17, 15) is 0 Å². The molecule has 2 aromatic rings. The normalized spacial score (nSPS) is 10.4. The summed E-state index contributed by atoms with van der Waals surface area (Å²) in [7, 11) is 0. The third-order valence-corrected chi connectivity index (χ3v) is 3.49. The molecule has 118 valence electrons. The lowest BCUT2D eigenvalue weighted by Gasteiger charge is -2.15. The van der Waals surface area contributed by atoms with Crippen LogP contribution in [0.4, 0.5) is 5.69 Å². The summed E-state index contributed by atoms with van der Waals surface area (Å²) in [6.45, 7) is 5.56. The molecular weight excluding hydrogens is 321 g/mol. The highest BCUT2D eigenvalue weighted by Crippen LogP contribution is 2.36. The van der Waals surface area contributed by atoms with E-state index in [1.54, 1.807) is 0 Å². The lowest BCUT2D eigenvalue weighted by molar-refractivity contribution is 0.287. The molecule has 0 atom stereocenters. The van der Waals surface area contributed by atoms with E-state index in [0.717, 1.165) is 11.3 Å². The van der Waals surface area contributed by atoms with E-state index in [0.29, 0.717) is 41.3 Å². The zero-order valence-electron chi connectivity index (χ0n) is 12.7. The van der Waals surface area contributed by atoms with Gasteiger partial charge in [0.15, 0.2) is 11.5 Å². The highest BCUT2D eigenvalue weighted by Gasteiger charge is 2.12. The molecule has 0 spiro atoms. The van der Waals surface area contributed by atoms with Crippen LogP contribution in [-0.2, 0) is 6.54 Å². The van der Waals surface area contributed by atoms with E-state index in [1.165, 1.54) is 0 Å². The van der Waals surface area contributed by atoms with E-state index in [2.05, 4.69) is 5.32 Å². The Morgan fingerprint density at radius 3 is 2.45 bits per heavy atom. The average Bonchev–Trinajstić information content (AvgIpc) is 2.49. The summed E-state index contributed by atoms with van der Waals surface area (Å²) >= 11 is 12.3. The maximum atomic E-state index is 6.30. The van der Waals surface area contributed by atoms with Crippen molar-refractivity contribution in [1.29, 1.82) is 0 Å². The summed E-state index contributed by atoms with van der Waals surface area (Å²) in [6, 6.07) is 11.4. The molecule has 2 rings (SSSR count). The van der Waals surface area contributed by atoms with Gasteiger partial charge in [0.1, 0.15) is 0 Å². The van der Waals surface area contributed by atoms with E-state index >= 15 is 0 Å². The lowest BCUT2D eigenvalue weighted by Crippen LogP contribution is -2.03. The highest BCUT2D eigenvalue weighted by molar-refractivity contribution is 6.32. The highest BCUT2D eigenvalue weighted by atomic mass is 35.5. The first-order valence-electron chi connectivity index (χ1n) is 7.21.